The molecule has 0 saturated carbocycles. The lowest BCUT2D eigenvalue weighted by atomic mass is 9.88. The Morgan fingerprint density at radius 2 is 2.10 bits per heavy atom. The number of amides is 2. The van der Waals surface area contributed by atoms with Gasteiger partial charge in [0.15, 0.2) is 0 Å². The second-order valence-corrected chi connectivity index (χ2v) is 4.97. The van der Waals surface area contributed by atoms with Crippen molar-refractivity contribution in [1.82, 2.24) is 5.32 Å². The second-order valence-electron chi connectivity index (χ2n) is 4.97. The number of rotatable bonds is 1. The fourth-order valence-electron chi connectivity index (χ4n) is 2.76. The molecule has 2 atom stereocenters. The summed E-state index contributed by atoms with van der Waals surface area (Å²) in [6, 6.07) is 2.91. The Hall–Kier alpha value is -1.76. The fraction of sp³-hybridized carbons (Fsp3) is 0.462. The van der Waals surface area contributed by atoms with Gasteiger partial charge in [0.1, 0.15) is 0 Å². The van der Waals surface area contributed by atoms with Crippen LogP contribution >= 0.6 is 0 Å². The molecule has 0 spiro atoms. The third-order valence-electron chi connectivity index (χ3n) is 3.70. The minimum atomic E-state index is -4.49. The van der Waals surface area contributed by atoms with Gasteiger partial charge in [0.2, 0.25) is 0 Å². The van der Waals surface area contributed by atoms with Gasteiger partial charge < -0.3 is 15.4 Å². The Morgan fingerprint density at radius 1 is 1.30 bits per heavy atom. The lowest BCUT2D eigenvalue weighted by Gasteiger charge is -2.32. The van der Waals surface area contributed by atoms with Crippen LogP contribution in [0, 0.1) is 5.92 Å². The summed E-state index contributed by atoms with van der Waals surface area (Å²) in [5, 5.41) is 4.97. The van der Waals surface area contributed by atoms with E-state index in [-0.39, 0.29) is 11.6 Å². The van der Waals surface area contributed by atoms with Gasteiger partial charge in [-0.15, -0.1) is 0 Å². The lowest BCUT2D eigenvalue weighted by molar-refractivity contribution is -0.137. The molecule has 3 rings (SSSR count). The number of benzene rings is 1. The molecule has 0 aliphatic carbocycles. The first kappa shape index (κ1) is 13.2. The zero-order valence-electron chi connectivity index (χ0n) is 10.5. The van der Waals surface area contributed by atoms with Crippen LogP contribution in [0.25, 0.3) is 0 Å². The smallest absolute Gasteiger partial charge is 0.381 e. The molecule has 7 heteroatoms. The zero-order valence-corrected chi connectivity index (χ0v) is 10.5. The SMILES string of the molecule is O=C1Nc2c(cccc2C(F)(F)F)C(C2CCOC2)N1. The number of hydrogen-bond donors (Lipinski definition) is 2. The summed E-state index contributed by atoms with van der Waals surface area (Å²) < 4.78 is 44.3. The molecule has 2 heterocycles. The molecule has 2 N–H and O–H groups in total. The normalized spacial score (nSPS) is 25.9. The average Bonchev–Trinajstić information content (AvgIpc) is 2.89. The van der Waals surface area contributed by atoms with Crippen LogP contribution < -0.4 is 10.6 Å². The highest BCUT2D eigenvalue weighted by atomic mass is 19.4. The number of ether oxygens (including phenoxy) is 1. The van der Waals surface area contributed by atoms with E-state index in [2.05, 4.69) is 10.6 Å². The summed E-state index contributed by atoms with van der Waals surface area (Å²) in [5.74, 6) is 0.00304. The van der Waals surface area contributed by atoms with Crippen LogP contribution in [0.1, 0.15) is 23.6 Å². The molecule has 1 aromatic carbocycles. The monoisotopic (exact) mass is 286 g/mol. The van der Waals surface area contributed by atoms with Gasteiger partial charge in [-0.2, -0.15) is 13.2 Å². The highest BCUT2D eigenvalue weighted by Crippen LogP contribution is 2.42. The fourth-order valence-corrected chi connectivity index (χ4v) is 2.76. The Kier molecular flexibility index (Phi) is 3.08. The Labute approximate surface area is 113 Å². The number of urea groups is 1. The van der Waals surface area contributed by atoms with Gasteiger partial charge in [-0.05, 0) is 18.1 Å². The quantitative estimate of drug-likeness (QED) is 0.834. The molecule has 108 valence electrons. The minimum absolute atomic E-state index is 0.00304. The van der Waals surface area contributed by atoms with Crippen molar-refractivity contribution < 1.29 is 22.7 Å². The minimum Gasteiger partial charge on any atom is -0.381 e. The van der Waals surface area contributed by atoms with E-state index in [1.807, 2.05) is 0 Å². The number of nitrogens with one attached hydrogen (secondary N) is 2. The number of hydrogen-bond acceptors (Lipinski definition) is 2. The van der Waals surface area contributed by atoms with Crippen LogP contribution in [0.5, 0.6) is 0 Å². The average molecular weight is 286 g/mol. The van der Waals surface area contributed by atoms with E-state index in [1.54, 1.807) is 6.07 Å². The van der Waals surface area contributed by atoms with E-state index < -0.39 is 23.8 Å². The van der Waals surface area contributed by atoms with E-state index in [0.29, 0.717) is 18.8 Å². The number of halogens is 3. The molecule has 0 bridgehead atoms. The standard InChI is InChI=1S/C13H13F3N2O2/c14-13(15,16)9-3-1-2-8-10(7-4-5-20-6-7)17-12(19)18-11(8)9/h1-3,7,10H,4-6H2,(H2,17,18,19). The van der Waals surface area contributed by atoms with Crippen LogP contribution in [-0.4, -0.2) is 19.2 Å². The maximum absolute atomic E-state index is 13.0. The van der Waals surface area contributed by atoms with Gasteiger partial charge in [-0.1, -0.05) is 12.1 Å². The van der Waals surface area contributed by atoms with Crippen LogP contribution in [-0.2, 0) is 10.9 Å². The molecule has 2 amide bonds. The van der Waals surface area contributed by atoms with Crippen molar-refractivity contribution in [1.29, 1.82) is 0 Å². The second kappa shape index (κ2) is 4.66. The largest absolute Gasteiger partial charge is 0.418 e. The molecule has 0 radical (unpaired) electrons. The van der Waals surface area contributed by atoms with Gasteiger partial charge in [-0.25, -0.2) is 4.79 Å². The summed E-state index contributed by atoms with van der Waals surface area (Å²) in [6.07, 6.45) is -3.77. The predicted octanol–water partition coefficient (Wildman–Crippen LogP) is 2.92. The van der Waals surface area contributed by atoms with Crippen molar-refractivity contribution in [2.75, 3.05) is 18.5 Å². The highest BCUT2D eigenvalue weighted by Gasteiger charge is 2.40. The van der Waals surface area contributed by atoms with Gasteiger partial charge in [0.25, 0.3) is 0 Å². The topological polar surface area (TPSA) is 50.4 Å². The molecule has 0 aromatic heterocycles. The molecular weight excluding hydrogens is 273 g/mol. The first-order chi connectivity index (χ1) is 9.47. The number of carbonyl (C=O) groups excluding carboxylic acids is 1. The van der Waals surface area contributed by atoms with Crippen molar-refractivity contribution in [2.24, 2.45) is 5.92 Å². The number of carbonyl (C=O) groups is 1. The van der Waals surface area contributed by atoms with Crippen molar-refractivity contribution >= 4 is 11.7 Å². The molecular formula is C13H13F3N2O2. The first-order valence-corrected chi connectivity index (χ1v) is 6.32. The summed E-state index contributed by atoms with van der Waals surface area (Å²) in [5.41, 5.74) is -0.482. The Balaban J connectivity index is 2.06. The van der Waals surface area contributed by atoms with E-state index in [9.17, 15) is 18.0 Å². The van der Waals surface area contributed by atoms with E-state index in [0.717, 1.165) is 12.5 Å². The molecule has 2 unspecified atom stereocenters. The van der Waals surface area contributed by atoms with E-state index in [1.165, 1.54) is 6.07 Å². The van der Waals surface area contributed by atoms with Gasteiger partial charge in [-0.3, -0.25) is 0 Å². The highest BCUT2D eigenvalue weighted by molar-refractivity contribution is 5.94. The summed E-state index contributed by atoms with van der Waals surface area (Å²) in [6.45, 7) is 1.01. The Bertz CT molecular complexity index is 539. The van der Waals surface area contributed by atoms with Crippen molar-refractivity contribution in [2.45, 2.75) is 18.6 Å². The van der Waals surface area contributed by atoms with Gasteiger partial charge in [0, 0.05) is 12.5 Å². The summed E-state index contributed by atoms with van der Waals surface area (Å²) in [7, 11) is 0. The van der Waals surface area contributed by atoms with Crippen LogP contribution in [0.4, 0.5) is 23.7 Å². The van der Waals surface area contributed by atoms with Crippen molar-refractivity contribution in [3.63, 3.8) is 0 Å². The van der Waals surface area contributed by atoms with Crippen LogP contribution in [0.15, 0.2) is 18.2 Å². The van der Waals surface area contributed by atoms with Crippen molar-refractivity contribution in [3.05, 3.63) is 29.3 Å². The van der Waals surface area contributed by atoms with Gasteiger partial charge >= 0.3 is 12.2 Å². The zero-order chi connectivity index (χ0) is 14.3. The van der Waals surface area contributed by atoms with Crippen LogP contribution in [0.3, 0.4) is 0 Å². The summed E-state index contributed by atoms with van der Waals surface area (Å²) in [4.78, 5) is 11.6. The molecule has 1 fully saturated rings. The third kappa shape index (κ3) is 2.22. The van der Waals surface area contributed by atoms with Crippen LogP contribution in [0.2, 0.25) is 0 Å². The molecule has 1 aromatic rings. The Morgan fingerprint density at radius 3 is 2.75 bits per heavy atom. The number of alkyl halides is 3. The molecule has 4 nitrogen and oxygen atoms in total. The van der Waals surface area contributed by atoms with Crippen molar-refractivity contribution in [3.8, 4) is 0 Å². The third-order valence-corrected chi connectivity index (χ3v) is 3.70. The lowest BCUT2D eigenvalue weighted by Crippen LogP contribution is -2.42. The number of anilines is 1. The molecule has 2 aliphatic rings. The number of para-hydroxylation sites is 1. The molecule has 20 heavy (non-hydrogen) atoms. The predicted molar refractivity (Wildman–Crippen MR) is 65.3 cm³/mol. The van der Waals surface area contributed by atoms with E-state index in [4.69, 9.17) is 4.74 Å². The summed E-state index contributed by atoms with van der Waals surface area (Å²) >= 11 is 0. The molecule has 2 aliphatic heterocycles. The maximum Gasteiger partial charge on any atom is 0.418 e. The first-order valence-electron chi connectivity index (χ1n) is 6.32. The molecule has 1 saturated heterocycles. The number of fused-ring (bicyclic) bond motifs is 1. The van der Waals surface area contributed by atoms with Gasteiger partial charge in [0.05, 0.1) is 23.9 Å². The maximum atomic E-state index is 13.0. The van der Waals surface area contributed by atoms with E-state index >= 15 is 0 Å².